The first-order valence-corrected chi connectivity index (χ1v) is 7.61. The van der Waals surface area contributed by atoms with Gasteiger partial charge in [-0.1, -0.05) is 0 Å². The van der Waals surface area contributed by atoms with E-state index in [-0.39, 0.29) is 11.7 Å². The Bertz CT molecular complexity index is 663. The predicted molar refractivity (Wildman–Crippen MR) is 79.3 cm³/mol. The van der Waals surface area contributed by atoms with Crippen molar-refractivity contribution in [3.63, 3.8) is 0 Å². The van der Waals surface area contributed by atoms with Crippen LogP contribution in [0.3, 0.4) is 0 Å². The molecule has 0 radical (unpaired) electrons. The fraction of sp³-hybridized carbons (Fsp3) is 0.286. The lowest BCUT2D eigenvalue weighted by Crippen LogP contribution is -2.12. The lowest BCUT2D eigenvalue weighted by molar-refractivity contribution is 0.102. The van der Waals surface area contributed by atoms with E-state index in [0.29, 0.717) is 11.4 Å². The van der Waals surface area contributed by atoms with Crippen molar-refractivity contribution in [1.82, 2.24) is 9.55 Å². The number of imidazole rings is 1. The minimum Gasteiger partial charge on any atom is -0.494 e. The fourth-order valence-electron chi connectivity index (χ4n) is 2.14. The van der Waals surface area contributed by atoms with Gasteiger partial charge < -0.3 is 14.6 Å². The van der Waals surface area contributed by atoms with Crippen molar-refractivity contribution in [2.45, 2.75) is 12.3 Å². The first kappa shape index (κ1) is 13.9. The zero-order chi connectivity index (χ0) is 14.8. The molecule has 0 atom stereocenters. The Hall–Kier alpha value is -2.02. The number of rotatable bonds is 3. The number of carbonyl (C=O) groups excluding carboxylic acids is 1. The van der Waals surface area contributed by atoms with Crippen LogP contribution in [0.4, 0.5) is 10.1 Å². The van der Waals surface area contributed by atoms with E-state index in [1.807, 2.05) is 4.57 Å². The van der Waals surface area contributed by atoms with Crippen LogP contribution >= 0.6 is 11.8 Å². The monoisotopic (exact) mass is 307 g/mol. The van der Waals surface area contributed by atoms with Crippen LogP contribution in [-0.2, 0) is 12.3 Å². The maximum absolute atomic E-state index is 13.6. The minimum absolute atomic E-state index is 0.141. The number of fused-ring (bicyclic) bond motifs is 1. The zero-order valence-corrected chi connectivity index (χ0v) is 12.2. The van der Waals surface area contributed by atoms with Crippen molar-refractivity contribution in [2.75, 3.05) is 18.2 Å². The molecule has 0 spiro atoms. The van der Waals surface area contributed by atoms with Gasteiger partial charge in [-0.05, 0) is 12.1 Å². The van der Waals surface area contributed by atoms with Gasteiger partial charge in [0.15, 0.2) is 11.6 Å². The van der Waals surface area contributed by atoms with E-state index in [0.717, 1.165) is 23.9 Å². The van der Waals surface area contributed by atoms with Gasteiger partial charge in [-0.3, -0.25) is 4.79 Å². The van der Waals surface area contributed by atoms with Gasteiger partial charge in [0.1, 0.15) is 11.5 Å². The molecule has 1 aliphatic heterocycles. The highest BCUT2D eigenvalue weighted by Crippen LogP contribution is 2.22. The molecule has 0 saturated carbocycles. The van der Waals surface area contributed by atoms with Crippen LogP contribution in [0.15, 0.2) is 24.4 Å². The topological polar surface area (TPSA) is 56.1 Å². The summed E-state index contributed by atoms with van der Waals surface area (Å²) in [4.78, 5) is 16.5. The largest absolute Gasteiger partial charge is 0.494 e. The normalized spacial score (nSPS) is 13.6. The number of benzene rings is 1. The number of thioether (sulfide) groups is 1. The van der Waals surface area contributed by atoms with E-state index in [2.05, 4.69) is 10.3 Å². The molecule has 2 aromatic rings. The van der Waals surface area contributed by atoms with Crippen molar-refractivity contribution in [3.05, 3.63) is 41.7 Å². The molecule has 5 nitrogen and oxygen atoms in total. The molecule has 1 aromatic carbocycles. The Morgan fingerprint density at radius 3 is 3.10 bits per heavy atom. The number of ether oxygens (including phenoxy) is 1. The van der Waals surface area contributed by atoms with Crippen molar-refractivity contribution < 1.29 is 13.9 Å². The van der Waals surface area contributed by atoms with E-state index in [1.54, 1.807) is 24.0 Å². The molecule has 1 aromatic heterocycles. The Kier molecular flexibility index (Phi) is 3.83. The van der Waals surface area contributed by atoms with E-state index in [4.69, 9.17) is 4.74 Å². The summed E-state index contributed by atoms with van der Waals surface area (Å²) in [6, 6.07) is 4.29. The Morgan fingerprint density at radius 1 is 1.52 bits per heavy atom. The predicted octanol–water partition coefficient (Wildman–Crippen LogP) is 2.53. The van der Waals surface area contributed by atoms with Crippen LogP contribution in [0.25, 0.3) is 0 Å². The summed E-state index contributed by atoms with van der Waals surface area (Å²) in [6.07, 6.45) is 1.74. The van der Waals surface area contributed by atoms with Gasteiger partial charge in [0.25, 0.3) is 5.91 Å². The average Bonchev–Trinajstić information content (AvgIpc) is 2.91. The molecular weight excluding hydrogens is 293 g/mol. The van der Waals surface area contributed by atoms with Crippen LogP contribution in [0.5, 0.6) is 5.75 Å². The van der Waals surface area contributed by atoms with Gasteiger partial charge in [0.05, 0.1) is 12.9 Å². The molecule has 0 aliphatic carbocycles. The molecule has 1 aliphatic rings. The van der Waals surface area contributed by atoms with Crippen molar-refractivity contribution >= 4 is 23.4 Å². The molecule has 2 heterocycles. The highest BCUT2D eigenvalue weighted by atomic mass is 32.2. The van der Waals surface area contributed by atoms with Crippen molar-refractivity contribution in [3.8, 4) is 5.75 Å². The van der Waals surface area contributed by atoms with Crippen LogP contribution < -0.4 is 10.1 Å². The Morgan fingerprint density at radius 2 is 2.38 bits per heavy atom. The summed E-state index contributed by atoms with van der Waals surface area (Å²) in [5, 5.41) is 2.64. The Balaban J connectivity index is 1.77. The van der Waals surface area contributed by atoms with Crippen LogP contribution in [0, 0.1) is 5.82 Å². The van der Waals surface area contributed by atoms with Gasteiger partial charge in [0, 0.05) is 30.2 Å². The maximum atomic E-state index is 13.6. The SMILES string of the molecule is COc1ccc(NC(=O)c2cn3c(n2)CSCC3)cc1F. The number of amides is 1. The smallest absolute Gasteiger partial charge is 0.275 e. The molecule has 7 heteroatoms. The molecular formula is C14H14FN3O2S. The first-order valence-electron chi connectivity index (χ1n) is 6.46. The number of halogens is 1. The second-order valence-electron chi connectivity index (χ2n) is 4.59. The second-order valence-corrected chi connectivity index (χ2v) is 5.70. The summed E-state index contributed by atoms with van der Waals surface area (Å²) in [5.74, 6) is 2.01. The first-order chi connectivity index (χ1) is 10.2. The van der Waals surface area contributed by atoms with Crippen molar-refractivity contribution in [1.29, 1.82) is 0 Å². The minimum atomic E-state index is -0.518. The fourth-order valence-corrected chi connectivity index (χ4v) is 3.02. The standard InChI is InChI=1S/C14H14FN3O2S/c1-20-12-3-2-9(6-10(12)15)16-14(19)11-7-18-4-5-21-8-13(18)17-11/h2-3,6-7H,4-5,8H2,1H3,(H,16,19). The van der Waals surface area contributed by atoms with E-state index in [9.17, 15) is 9.18 Å². The van der Waals surface area contributed by atoms with Gasteiger partial charge in [-0.2, -0.15) is 11.8 Å². The molecule has 21 heavy (non-hydrogen) atoms. The number of aryl methyl sites for hydroxylation is 1. The van der Waals surface area contributed by atoms with Gasteiger partial charge in [-0.25, -0.2) is 9.37 Å². The molecule has 1 amide bonds. The molecule has 110 valence electrons. The van der Waals surface area contributed by atoms with Crippen LogP contribution in [0.1, 0.15) is 16.3 Å². The third-order valence-electron chi connectivity index (χ3n) is 3.21. The molecule has 3 rings (SSSR count). The second kappa shape index (κ2) is 5.77. The van der Waals surface area contributed by atoms with E-state index in [1.165, 1.54) is 19.2 Å². The maximum Gasteiger partial charge on any atom is 0.275 e. The Labute approximate surface area is 125 Å². The highest BCUT2D eigenvalue weighted by Gasteiger charge is 2.17. The molecule has 0 bridgehead atoms. The summed E-state index contributed by atoms with van der Waals surface area (Å²) in [6.45, 7) is 0.859. The molecule has 0 saturated heterocycles. The molecule has 0 fully saturated rings. The number of hydrogen-bond acceptors (Lipinski definition) is 4. The molecule has 1 N–H and O–H groups in total. The number of nitrogens with one attached hydrogen (secondary N) is 1. The van der Waals surface area contributed by atoms with Gasteiger partial charge >= 0.3 is 0 Å². The number of anilines is 1. The van der Waals surface area contributed by atoms with E-state index >= 15 is 0 Å². The number of nitrogens with zero attached hydrogens (tertiary/aromatic N) is 2. The lowest BCUT2D eigenvalue weighted by Gasteiger charge is -2.11. The lowest BCUT2D eigenvalue weighted by atomic mass is 10.3. The number of aromatic nitrogens is 2. The number of methoxy groups -OCH3 is 1. The summed E-state index contributed by atoms with van der Waals surface area (Å²) < 4.78 is 20.4. The quantitative estimate of drug-likeness (QED) is 0.947. The summed E-state index contributed by atoms with van der Waals surface area (Å²) in [7, 11) is 1.39. The number of hydrogen-bond donors (Lipinski definition) is 1. The van der Waals surface area contributed by atoms with Gasteiger partial charge in [0.2, 0.25) is 0 Å². The third-order valence-corrected chi connectivity index (χ3v) is 4.14. The average molecular weight is 307 g/mol. The molecule has 0 unspecified atom stereocenters. The van der Waals surface area contributed by atoms with E-state index < -0.39 is 5.82 Å². The highest BCUT2D eigenvalue weighted by molar-refractivity contribution is 7.98. The zero-order valence-electron chi connectivity index (χ0n) is 11.4. The van der Waals surface area contributed by atoms with Crippen molar-refractivity contribution in [2.24, 2.45) is 0 Å². The van der Waals surface area contributed by atoms with Gasteiger partial charge in [-0.15, -0.1) is 0 Å². The summed E-state index contributed by atoms with van der Waals surface area (Å²) in [5.41, 5.74) is 0.724. The van der Waals surface area contributed by atoms with Crippen LogP contribution in [-0.4, -0.2) is 28.3 Å². The number of carbonyl (C=O) groups is 1. The van der Waals surface area contributed by atoms with Crippen LogP contribution in [0.2, 0.25) is 0 Å². The third kappa shape index (κ3) is 2.87. The summed E-state index contributed by atoms with van der Waals surface area (Å²) >= 11 is 1.79.